The maximum Gasteiger partial charge on any atom is 0.416 e. The van der Waals surface area contributed by atoms with Crippen LogP contribution in [-0.4, -0.2) is 15.6 Å². The molecule has 0 unspecified atom stereocenters. The van der Waals surface area contributed by atoms with E-state index in [9.17, 15) is 22.4 Å². The van der Waals surface area contributed by atoms with Crippen molar-refractivity contribution < 1.29 is 22.4 Å². The van der Waals surface area contributed by atoms with E-state index >= 15 is 0 Å². The molecule has 0 aliphatic rings. The van der Waals surface area contributed by atoms with E-state index < -0.39 is 28.9 Å². The largest absolute Gasteiger partial charge is 0.416 e. The third-order valence-corrected chi connectivity index (χ3v) is 2.79. The zero-order valence-corrected chi connectivity index (χ0v) is 10.4. The minimum atomic E-state index is -4.63. The highest BCUT2D eigenvalue weighted by Crippen LogP contribution is 2.30. The highest BCUT2D eigenvalue weighted by Gasteiger charge is 2.32. The molecule has 2 rings (SSSR count). The summed E-state index contributed by atoms with van der Waals surface area (Å²) >= 11 is 0. The number of benzene rings is 1. The molecule has 7 heteroatoms. The zero-order chi connectivity index (χ0) is 14.9. The van der Waals surface area contributed by atoms with Gasteiger partial charge in [0.2, 0.25) is 5.78 Å². The summed E-state index contributed by atoms with van der Waals surface area (Å²) in [5.74, 6) is -1.82. The Labute approximate surface area is 111 Å². The molecular formula is C13H10F4N2O. The third kappa shape index (κ3) is 2.56. The van der Waals surface area contributed by atoms with Gasteiger partial charge in [-0.3, -0.25) is 9.48 Å². The number of rotatable bonds is 3. The van der Waals surface area contributed by atoms with E-state index in [0.717, 1.165) is 0 Å². The molecule has 0 N–H and O–H groups in total. The lowest BCUT2D eigenvalue weighted by molar-refractivity contribution is -0.137. The molecule has 0 saturated carbocycles. The van der Waals surface area contributed by atoms with Crippen molar-refractivity contribution in [1.29, 1.82) is 0 Å². The monoisotopic (exact) mass is 286 g/mol. The van der Waals surface area contributed by atoms with Crippen LogP contribution in [0.25, 0.3) is 0 Å². The van der Waals surface area contributed by atoms with E-state index in [1.165, 1.54) is 16.9 Å². The van der Waals surface area contributed by atoms with Crippen molar-refractivity contribution in [1.82, 2.24) is 9.78 Å². The Morgan fingerprint density at radius 3 is 2.60 bits per heavy atom. The molecule has 0 amide bonds. The average Bonchev–Trinajstić information content (AvgIpc) is 2.85. The second kappa shape index (κ2) is 5.07. The fourth-order valence-corrected chi connectivity index (χ4v) is 1.79. The number of aryl methyl sites for hydroxylation is 1. The van der Waals surface area contributed by atoms with E-state index in [4.69, 9.17) is 0 Å². The second-order valence-electron chi connectivity index (χ2n) is 4.05. The maximum absolute atomic E-state index is 13.6. The second-order valence-corrected chi connectivity index (χ2v) is 4.05. The Balaban J connectivity index is 2.50. The summed E-state index contributed by atoms with van der Waals surface area (Å²) in [6, 6.07) is 3.10. The fraction of sp³-hybridized carbons (Fsp3) is 0.231. The molecule has 0 bridgehead atoms. The molecule has 0 spiro atoms. The van der Waals surface area contributed by atoms with Crippen LogP contribution >= 0.6 is 0 Å². The lowest BCUT2D eigenvalue weighted by Crippen LogP contribution is -2.14. The molecule has 3 nitrogen and oxygen atoms in total. The van der Waals surface area contributed by atoms with Gasteiger partial charge in [0.25, 0.3) is 0 Å². The molecule has 0 aliphatic heterocycles. The Morgan fingerprint density at radius 1 is 1.30 bits per heavy atom. The van der Waals surface area contributed by atoms with E-state index in [0.29, 0.717) is 24.7 Å². The van der Waals surface area contributed by atoms with Gasteiger partial charge >= 0.3 is 6.18 Å². The van der Waals surface area contributed by atoms with Crippen LogP contribution in [0.2, 0.25) is 0 Å². The molecule has 0 aliphatic carbocycles. The summed E-state index contributed by atoms with van der Waals surface area (Å²) in [6.07, 6.45) is -3.30. The number of ketones is 1. The van der Waals surface area contributed by atoms with Gasteiger partial charge in [0.1, 0.15) is 11.5 Å². The molecule has 1 aromatic heterocycles. The fourth-order valence-electron chi connectivity index (χ4n) is 1.79. The summed E-state index contributed by atoms with van der Waals surface area (Å²) in [6.45, 7) is 2.07. The van der Waals surface area contributed by atoms with Gasteiger partial charge in [0.05, 0.1) is 11.1 Å². The molecule has 2 aromatic rings. The van der Waals surface area contributed by atoms with Crippen molar-refractivity contribution >= 4 is 5.78 Å². The van der Waals surface area contributed by atoms with Gasteiger partial charge in [-0.15, -0.1) is 0 Å². The van der Waals surface area contributed by atoms with Gasteiger partial charge in [-0.25, -0.2) is 4.39 Å². The van der Waals surface area contributed by atoms with E-state index in [1.807, 2.05) is 0 Å². The summed E-state index contributed by atoms with van der Waals surface area (Å²) in [5.41, 5.74) is -1.63. The molecule has 20 heavy (non-hydrogen) atoms. The Hall–Kier alpha value is -2.18. The summed E-state index contributed by atoms with van der Waals surface area (Å²) < 4.78 is 52.7. The van der Waals surface area contributed by atoms with Crippen LogP contribution in [0.4, 0.5) is 17.6 Å². The van der Waals surface area contributed by atoms with Gasteiger partial charge < -0.3 is 0 Å². The van der Waals surface area contributed by atoms with Crippen LogP contribution < -0.4 is 0 Å². The molecule has 0 radical (unpaired) electrons. The van der Waals surface area contributed by atoms with Crippen LogP contribution in [0.5, 0.6) is 0 Å². The standard InChI is InChI=1S/C13H10F4N2O/c1-2-19-11(5-6-18-19)12(20)9-7-8(13(15,16)17)3-4-10(9)14/h3-7H,2H2,1H3. The first-order valence-corrected chi connectivity index (χ1v) is 5.78. The highest BCUT2D eigenvalue weighted by molar-refractivity contribution is 6.08. The number of alkyl halides is 3. The molecule has 106 valence electrons. The van der Waals surface area contributed by atoms with Crippen LogP contribution in [0, 0.1) is 5.82 Å². The van der Waals surface area contributed by atoms with Crippen LogP contribution in [-0.2, 0) is 12.7 Å². The number of nitrogens with zero attached hydrogens (tertiary/aromatic N) is 2. The highest BCUT2D eigenvalue weighted by atomic mass is 19.4. The number of halogens is 4. The first kappa shape index (κ1) is 14.2. The Morgan fingerprint density at radius 2 is 2.00 bits per heavy atom. The summed E-state index contributed by atoms with van der Waals surface area (Å²) in [7, 11) is 0. The predicted octanol–water partition coefficient (Wildman–Crippen LogP) is 3.29. The first-order chi connectivity index (χ1) is 9.34. The van der Waals surface area contributed by atoms with Crippen molar-refractivity contribution in [2.24, 2.45) is 0 Å². The maximum atomic E-state index is 13.6. The minimum Gasteiger partial charge on any atom is -0.287 e. The number of carbonyl (C=O) groups excluding carboxylic acids is 1. The molecule has 1 heterocycles. The van der Waals surface area contributed by atoms with E-state index in [1.54, 1.807) is 6.92 Å². The Kier molecular flexibility index (Phi) is 3.61. The van der Waals surface area contributed by atoms with Gasteiger partial charge in [-0.1, -0.05) is 0 Å². The lowest BCUT2D eigenvalue weighted by Gasteiger charge is -2.09. The molecule has 0 saturated heterocycles. The summed E-state index contributed by atoms with van der Waals surface area (Å²) in [4.78, 5) is 12.1. The smallest absolute Gasteiger partial charge is 0.287 e. The quantitative estimate of drug-likeness (QED) is 0.641. The van der Waals surface area contributed by atoms with Gasteiger partial charge in [0, 0.05) is 12.7 Å². The topological polar surface area (TPSA) is 34.9 Å². The van der Waals surface area contributed by atoms with E-state index in [2.05, 4.69) is 5.10 Å². The normalized spacial score (nSPS) is 11.7. The molecule has 0 fully saturated rings. The third-order valence-electron chi connectivity index (χ3n) is 2.79. The average molecular weight is 286 g/mol. The molecule has 0 atom stereocenters. The van der Waals surface area contributed by atoms with Crippen LogP contribution in [0.3, 0.4) is 0 Å². The van der Waals surface area contributed by atoms with Crippen LogP contribution in [0.15, 0.2) is 30.5 Å². The van der Waals surface area contributed by atoms with Crippen molar-refractivity contribution in [3.8, 4) is 0 Å². The van der Waals surface area contributed by atoms with Crippen molar-refractivity contribution in [2.75, 3.05) is 0 Å². The first-order valence-electron chi connectivity index (χ1n) is 5.78. The van der Waals surface area contributed by atoms with Gasteiger partial charge in [-0.2, -0.15) is 18.3 Å². The lowest BCUT2D eigenvalue weighted by atomic mass is 10.0. The van der Waals surface area contributed by atoms with Crippen molar-refractivity contribution in [2.45, 2.75) is 19.6 Å². The zero-order valence-electron chi connectivity index (χ0n) is 10.4. The van der Waals surface area contributed by atoms with Gasteiger partial charge in [-0.05, 0) is 31.2 Å². The SMILES string of the molecule is CCn1nccc1C(=O)c1cc(C(F)(F)F)ccc1F. The summed E-state index contributed by atoms with van der Waals surface area (Å²) in [5, 5.41) is 3.83. The number of hydrogen-bond donors (Lipinski definition) is 0. The molecular weight excluding hydrogens is 276 g/mol. The molecule has 1 aromatic carbocycles. The number of hydrogen-bond acceptors (Lipinski definition) is 2. The van der Waals surface area contributed by atoms with Gasteiger partial charge in [0.15, 0.2) is 0 Å². The van der Waals surface area contributed by atoms with Crippen molar-refractivity contribution in [3.63, 3.8) is 0 Å². The van der Waals surface area contributed by atoms with Crippen LogP contribution in [0.1, 0.15) is 28.5 Å². The number of aromatic nitrogens is 2. The Bertz CT molecular complexity index is 646. The minimum absolute atomic E-state index is 0.0470. The van der Waals surface area contributed by atoms with E-state index in [-0.39, 0.29) is 5.69 Å². The number of carbonyl (C=O) groups is 1. The predicted molar refractivity (Wildman–Crippen MR) is 62.7 cm³/mol. The van der Waals surface area contributed by atoms with Crippen molar-refractivity contribution in [3.05, 3.63) is 53.1 Å².